The first kappa shape index (κ1) is 9.34. The van der Waals surface area contributed by atoms with E-state index in [1.807, 2.05) is 13.8 Å². The van der Waals surface area contributed by atoms with E-state index < -0.39 is 0 Å². The Labute approximate surface area is 62.4 Å². The highest BCUT2D eigenvalue weighted by atomic mass is 16.1. The van der Waals surface area contributed by atoms with Crippen molar-refractivity contribution >= 4 is 12.0 Å². The van der Waals surface area contributed by atoms with Gasteiger partial charge in [-0.25, -0.2) is 0 Å². The Bertz CT molecular complexity index is 118. The van der Waals surface area contributed by atoms with Crippen LogP contribution in [-0.2, 0) is 4.79 Å². The second-order valence-electron chi connectivity index (χ2n) is 2.22. The quantitative estimate of drug-likeness (QED) is 0.537. The van der Waals surface area contributed by atoms with E-state index in [2.05, 4.69) is 4.99 Å². The Morgan fingerprint density at radius 3 is 2.70 bits per heavy atom. The van der Waals surface area contributed by atoms with Crippen LogP contribution in [0.2, 0.25) is 0 Å². The molecule has 0 unspecified atom stereocenters. The molecular weight excluding hydrogens is 126 g/mol. The zero-order chi connectivity index (χ0) is 7.82. The van der Waals surface area contributed by atoms with Crippen molar-refractivity contribution in [2.45, 2.75) is 33.1 Å². The van der Waals surface area contributed by atoms with Crippen molar-refractivity contribution in [1.82, 2.24) is 0 Å². The first-order valence-electron chi connectivity index (χ1n) is 3.81. The Hall–Kier alpha value is -0.660. The van der Waals surface area contributed by atoms with Gasteiger partial charge in [0.25, 0.3) is 0 Å². The van der Waals surface area contributed by atoms with Gasteiger partial charge in [0.05, 0.1) is 6.54 Å². The van der Waals surface area contributed by atoms with E-state index in [-0.39, 0.29) is 5.78 Å². The number of Topliss-reactive ketones (excluding diaryl/α,β-unsaturated/α-hetero) is 1. The summed E-state index contributed by atoms with van der Waals surface area (Å²) in [5, 5.41) is 0. The number of carbonyl (C=O) groups excluding carboxylic acids is 1. The van der Waals surface area contributed by atoms with Crippen LogP contribution in [0.3, 0.4) is 0 Å². The Kier molecular flexibility index (Phi) is 6.03. The number of carbonyl (C=O) groups is 1. The summed E-state index contributed by atoms with van der Waals surface area (Å²) < 4.78 is 0. The summed E-state index contributed by atoms with van der Waals surface area (Å²) in [6.07, 6.45) is 4.30. The SMILES string of the molecule is CCC=NCC(=O)CCC. The third kappa shape index (κ3) is 5.48. The summed E-state index contributed by atoms with van der Waals surface area (Å²) in [7, 11) is 0. The fourth-order valence-electron chi connectivity index (χ4n) is 0.653. The maximum atomic E-state index is 10.8. The molecule has 2 heteroatoms. The number of ketones is 1. The van der Waals surface area contributed by atoms with Crippen LogP contribution in [0.1, 0.15) is 33.1 Å². The first-order chi connectivity index (χ1) is 4.81. The Morgan fingerprint density at radius 1 is 1.50 bits per heavy atom. The minimum Gasteiger partial charge on any atom is -0.298 e. The third-order valence-electron chi connectivity index (χ3n) is 1.11. The second-order valence-corrected chi connectivity index (χ2v) is 2.22. The van der Waals surface area contributed by atoms with Gasteiger partial charge in [0.2, 0.25) is 0 Å². The summed E-state index contributed by atoms with van der Waals surface area (Å²) in [6.45, 7) is 4.39. The highest BCUT2D eigenvalue weighted by Gasteiger charge is 1.94. The van der Waals surface area contributed by atoms with Crippen LogP contribution in [0, 0.1) is 0 Å². The highest BCUT2D eigenvalue weighted by molar-refractivity contribution is 5.81. The van der Waals surface area contributed by atoms with Crippen molar-refractivity contribution in [3.8, 4) is 0 Å². The maximum Gasteiger partial charge on any atom is 0.154 e. The average molecular weight is 141 g/mol. The Morgan fingerprint density at radius 2 is 2.20 bits per heavy atom. The average Bonchev–Trinajstić information content (AvgIpc) is 1.89. The molecule has 0 amide bonds. The number of hydrogen-bond donors (Lipinski definition) is 0. The molecule has 0 heterocycles. The van der Waals surface area contributed by atoms with Crippen LogP contribution in [-0.4, -0.2) is 18.5 Å². The van der Waals surface area contributed by atoms with Crippen molar-refractivity contribution in [1.29, 1.82) is 0 Å². The molecule has 0 saturated heterocycles. The lowest BCUT2D eigenvalue weighted by atomic mass is 10.2. The highest BCUT2D eigenvalue weighted by Crippen LogP contribution is 1.88. The van der Waals surface area contributed by atoms with E-state index in [1.165, 1.54) is 0 Å². The molecule has 0 aliphatic rings. The van der Waals surface area contributed by atoms with Gasteiger partial charge in [-0.15, -0.1) is 0 Å². The van der Waals surface area contributed by atoms with Crippen molar-refractivity contribution in [2.24, 2.45) is 4.99 Å². The van der Waals surface area contributed by atoms with E-state index in [0.29, 0.717) is 13.0 Å². The summed E-state index contributed by atoms with van der Waals surface area (Å²) in [6, 6.07) is 0. The molecule has 10 heavy (non-hydrogen) atoms. The van der Waals surface area contributed by atoms with Crippen LogP contribution in [0.4, 0.5) is 0 Å². The van der Waals surface area contributed by atoms with Gasteiger partial charge >= 0.3 is 0 Å². The van der Waals surface area contributed by atoms with Gasteiger partial charge in [-0.1, -0.05) is 13.8 Å². The lowest BCUT2D eigenvalue weighted by Crippen LogP contribution is -2.00. The third-order valence-corrected chi connectivity index (χ3v) is 1.11. The van der Waals surface area contributed by atoms with Crippen LogP contribution >= 0.6 is 0 Å². The zero-order valence-corrected chi connectivity index (χ0v) is 6.76. The summed E-state index contributed by atoms with van der Waals surface area (Å²) in [5.41, 5.74) is 0. The molecule has 0 fully saturated rings. The van der Waals surface area contributed by atoms with Gasteiger partial charge < -0.3 is 0 Å². The lowest BCUT2D eigenvalue weighted by molar-refractivity contribution is -0.117. The number of nitrogens with zero attached hydrogens (tertiary/aromatic N) is 1. The van der Waals surface area contributed by atoms with E-state index in [0.717, 1.165) is 12.8 Å². The molecule has 0 aromatic carbocycles. The minimum absolute atomic E-state index is 0.243. The molecule has 0 N–H and O–H groups in total. The molecule has 0 radical (unpaired) electrons. The largest absolute Gasteiger partial charge is 0.298 e. The lowest BCUT2D eigenvalue weighted by Gasteiger charge is -1.90. The molecule has 0 aliphatic carbocycles. The van der Waals surface area contributed by atoms with Gasteiger partial charge in [-0.05, 0) is 19.1 Å². The predicted octanol–water partition coefficient (Wildman–Crippen LogP) is 1.84. The molecule has 0 aliphatic heterocycles. The summed E-state index contributed by atoms with van der Waals surface area (Å²) >= 11 is 0. The molecule has 0 saturated carbocycles. The van der Waals surface area contributed by atoms with E-state index in [9.17, 15) is 4.79 Å². The fraction of sp³-hybridized carbons (Fsp3) is 0.750. The molecule has 0 spiro atoms. The molecule has 0 bridgehead atoms. The molecule has 0 rings (SSSR count). The second kappa shape index (κ2) is 6.46. The number of rotatable bonds is 5. The van der Waals surface area contributed by atoms with E-state index in [4.69, 9.17) is 0 Å². The molecule has 0 aromatic heterocycles. The molecular formula is C8H15NO. The number of aliphatic imine (C=N–C) groups is 1. The van der Waals surface area contributed by atoms with Crippen LogP contribution in [0.5, 0.6) is 0 Å². The predicted molar refractivity (Wildman–Crippen MR) is 43.6 cm³/mol. The van der Waals surface area contributed by atoms with Gasteiger partial charge in [-0.2, -0.15) is 0 Å². The van der Waals surface area contributed by atoms with Crippen molar-refractivity contribution in [3.05, 3.63) is 0 Å². The standard InChI is InChI=1S/C8H15NO/c1-3-5-8(10)7-9-6-4-2/h6H,3-5,7H2,1-2H3. The topological polar surface area (TPSA) is 29.4 Å². The zero-order valence-electron chi connectivity index (χ0n) is 6.76. The molecule has 0 atom stereocenters. The van der Waals surface area contributed by atoms with Gasteiger partial charge in [0.1, 0.15) is 0 Å². The normalized spacial score (nSPS) is 10.6. The molecule has 58 valence electrons. The van der Waals surface area contributed by atoms with Crippen molar-refractivity contribution in [3.63, 3.8) is 0 Å². The molecule has 0 aromatic rings. The van der Waals surface area contributed by atoms with Crippen molar-refractivity contribution < 1.29 is 4.79 Å². The summed E-state index contributed by atoms with van der Waals surface area (Å²) in [5.74, 6) is 0.243. The fourth-order valence-corrected chi connectivity index (χ4v) is 0.653. The summed E-state index contributed by atoms with van der Waals surface area (Å²) in [4.78, 5) is 14.7. The van der Waals surface area contributed by atoms with Gasteiger partial charge in [-0.3, -0.25) is 9.79 Å². The minimum atomic E-state index is 0.243. The van der Waals surface area contributed by atoms with Gasteiger partial charge in [0.15, 0.2) is 5.78 Å². The monoisotopic (exact) mass is 141 g/mol. The number of hydrogen-bond acceptors (Lipinski definition) is 2. The Balaban J connectivity index is 3.30. The van der Waals surface area contributed by atoms with Crippen LogP contribution in [0.25, 0.3) is 0 Å². The maximum absolute atomic E-state index is 10.8. The van der Waals surface area contributed by atoms with Crippen molar-refractivity contribution in [2.75, 3.05) is 6.54 Å². The van der Waals surface area contributed by atoms with E-state index >= 15 is 0 Å². The van der Waals surface area contributed by atoms with Crippen LogP contribution < -0.4 is 0 Å². The van der Waals surface area contributed by atoms with Crippen LogP contribution in [0.15, 0.2) is 4.99 Å². The smallest absolute Gasteiger partial charge is 0.154 e. The molecule has 2 nitrogen and oxygen atoms in total. The van der Waals surface area contributed by atoms with Gasteiger partial charge in [0, 0.05) is 6.42 Å². The van der Waals surface area contributed by atoms with E-state index in [1.54, 1.807) is 6.21 Å². The first-order valence-corrected chi connectivity index (χ1v) is 3.81.